The van der Waals surface area contributed by atoms with Crippen LogP contribution in [0.4, 0.5) is 4.39 Å². The van der Waals surface area contributed by atoms with Crippen molar-refractivity contribution in [2.75, 3.05) is 6.54 Å². The van der Waals surface area contributed by atoms with Gasteiger partial charge in [0.05, 0.1) is 5.41 Å². The van der Waals surface area contributed by atoms with Gasteiger partial charge in [0.25, 0.3) is 0 Å². The molecular formula is C18H18FNOS. The Morgan fingerprint density at radius 3 is 2.41 bits per heavy atom. The monoisotopic (exact) mass is 315 g/mol. The molecule has 1 amide bonds. The quantitative estimate of drug-likeness (QED) is 0.894. The number of benzene rings is 1. The maximum absolute atomic E-state index is 13.1. The molecule has 0 spiro atoms. The van der Waals surface area contributed by atoms with Gasteiger partial charge < -0.3 is 5.32 Å². The molecule has 0 unspecified atom stereocenters. The van der Waals surface area contributed by atoms with E-state index in [1.165, 1.54) is 17.0 Å². The summed E-state index contributed by atoms with van der Waals surface area (Å²) in [5.74, 6) is -0.156. The maximum Gasteiger partial charge on any atom is 0.230 e. The van der Waals surface area contributed by atoms with E-state index in [1.54, 1.807) is 23.5 Å². The minimum Gasteiger partial charge on any atom is -0.354 e. The average molecular weight is 315 g/mol. The number of carbonyl (C=O) groups is 1. The normalized spacial score (nSPS) is 20.4. The Morgan fingerprint density at radius 1 is 1.14 bits per heavy atom. The van der Waals surface area contributed by atoms with Gasteiger partial charge in [-0.1, -0.05) is 18.2 Å². The molecule has 0 aliphatic heterocycles. The van der Waals surface area contributed by atoms with E-state index in [-0.39, 0.29) is 17.1 Å². The van der Waals surface area contributed by atoms with Crippen LogP contribution in [0.25, 0.3) is 0 Å². The molecule has 114 valence electrons. The van der Waals surface area contributed by atoms with Crippen molar-refractivity contribution in [3.8, 4) is 0 Å². The Morgan fingerprint density at radius 2 is 1.86 bits per heavy atom. The van der Waals surface area contributed by atoms with E-state index in [4.69, 9.17) is 0 Å². The van der Waals surface area contributed by atoms with Crippen LogP contribution < -0.4 is 5.32 Å². The lowest BCUT2D eigenvalue weighted by Crippen LogP contribution is -2.39. The van der Waals surface area contributed by atoms with Crippen molar-refractivity contribution in [3.05, 3.63) is 58.0 Å². The number of thiophene rings is 1. The molecular weight excluding hydrogens is 297 g/mol. The summed E-state index contributed by atoms with van der Waals surface area (Å²) in [4.78, 5) is 14.0. The second kappa shape index (κ2) is 4.92. The van der Waals surface area contributed by atoms with Crippen LogP contribution in [0.1, 0.15) is 36.1 Å². The molecule has 4 heteroatoms. The summed E-state index contributed by atoms with van der Waals surface area (Å²) in [5, 5.41) is 5.26. The molecule has 2 saturated carbocycles. The average Bonchev–Trinajstić information content (AvgIpc) is 3.45. The molecule has 4 rings (SSSR count). The molecule has 22 heavy (non-hydrogen) atoms. The van der Waals surface area contributed by atoms with Crippen LogP contribution in [0.2, 0.25) is 0 Å². The highest BCUT2D eigenvalue weighted by Gasteiger charge is 2.52. The summed E-state index contributed by atoms with van der Waals surface area (Å²) in [6.45, 7) is 0.718. The van der Waals surface area contributed by atoms with Gasteiger partial charge in [0.1, 0.15) is 5.82 Å². The van der Waals surface area contributed by atoms with Gasteiger partial charge in [-0.3, -0.25) is 4.79 Å². The lowest BCUT2D eigenvalue weighted by Gasteiger charge is -2.19. The Hall–Kier alpha value is -1.68. The second-order valence-corrected chi connectivity index (χ2v) is 7.48. The molecule has 1 aromatic heterocycles. The standard InChI is InChI=1S/C18H18FNOS/c19-14-5-3-13(4-6-14)18(9-10-18)16(21)20-12-17(7-8-17)15-2-1-11-22-15/h1-6,11H,7-10,12H2,(H,20,21). The third-order valence-electron chi connectivity index (χ3n) is 5.07. The van der Waals surface area contributed by atoms with Gasteiger partial charge in [-0.2, -0.15) is 0 Å². The Labute approximate surface area is 133 Å². The Bertz CT molecular complexity index is 684. The van der Waals surface area contributed by atoms with E-state index >= 15 is 0 Å². The largest absolute Gasteiger partial charge is 0.354 e. The van der Waals surface area contributed by atoms with Gasteiger partial charge in [-0.15, -0.1) is 11.3 Å². The number of carbonyl (C=O) groups excluding carboxylic acids is 1. The summed E-state index contributed by atoms with van der Waals surface area (Å²) < 4.78 is 13.1. The van der Waals surface area contributed by atoms with Crippen molar-refractivity contribution in [1.82, 2.24) is 5.32 Å². The van der Waals surface area contributed by atoms with E-state index in [9.17, 15) is 9.18 Å². The van der Waals surface area contributed by atoms with Gasteiger partial charge in [0, 0.05) is 16.8 Å². The predicted octanol–water partition coefficient (Wildman–Crippen LogP) is 3.77. The smallest absolute Gasteiger partial charge is 0.230 e. The Balaban J connectivity index is 1.46. The van der Waals surface area contributed by atoms with E-state index < -0.39 is 5.41 Å². The molecule has 2 aliphatic carbocycles. The third-order valence-corrected chi connectivity index (χ3v) is 6.18. The van der Waals surface area contributed by atoms with E-state index in [0.717, 1.165) is 37.8 Å². The first-order chi connectivity index (χ1) is 10.6. The van der Waals surface area contributed by atoms with Crippen molar-refractivity contribution in [3.63, 3.8) is 0 Å². The molecule has 2 fully saturated rings. The molecule has 0 saturated heterocycles. The van der Waals surface area contributed by atoms with Crippen molar-refractivity contribution < 1.29 is 9.18 Å². The highest BCUT2D eigenvalue weighted by Crippen LogP contribution is 2.51. The van der Waals surface area contributed by atoms with Gasteiger partial charge in [-0.05, 0) is 54.8 Å². The first-order valence-corrected chi connectivity index (χ1v) is 8.61. The molecule has 1 N–H and O–H groups in total. The van der Waals surface area contributed by atoms with Gasteiger partial charge in [0.2, 0.25) is 5.91 Å². The number of halogens is 1. The Kier molecular flexibility index (Phi) is 3.12. The van der Waals surface area contributed by atoms with Crippen LogP contribution in [0.15, 0.2) is 41.8 Å². The lowest BCUT2D eigenvalue weighted by atomic mass is 9.94. The number of hydrogen-bond donors (Lipinski definition) is 1. The van der Waals surface area contributed by atoms with Crippen LogP contribution in [-0.4, -0.2) is 12.5 Å². The van der Waals surface area contributed by atoms with Crippen LogP contribution >= 0.6 is 11.3 Å². The molecule has 2 nitrogen and oxygen atoms in total. The molecule has 0 bridgehead atoms. The van der Waals surface area contributed by atoms with E-state index in [2.05, 4.69) is 22.8 Å². The summed E-state index contributed by atoms with van der Waals surface area (Å²) in [5.41, 5.74) is 0.689. The first-order valence-electron chi connectivity index (χ1n) is 7.73. The molecule has 1 aromatic carbocycles. The number of nitrogens with one attached hydrogen (secondary N) is 1. The molecule has 0 atom stereocenters. The number of rotatable bonds is 5. The topological polar surface area (TPSA) is 29.1 Å². The molecule has 1 heterocycles. The van der Waals surface area contributed by atoms with Crippen molar-refractivity contribution in [1.29, 1.82) is 0 Å². The zero-order valence-corrected chi connectivity index (χ0v) is 13.1. The first kappa shape index (κ1) is 13.9. The van der Waals surface area contributed by atoms with Gasteiger partial charge >= 0.3 is 0 Å². The second-order valence-electron chi connectivity index (χ2n) is 6.53. The van der Waals surface area contributed by atoms with Gasteiger partial charge in [-0.25, -0.2) is 4.39 Å². The van der Waals surface area contributed by atoms with E-state index in [0.29, 0.717) is 0 Å². The summed E-state index contributed by atoms with van der Waals surface area (Å²) >= 11 is 1.77. The van der Waals surface area contributed by atoms with Crippen LogP contribution in [0.3, 0.4) is 0 Å². The fraction of sp³-hybridized carbons (Fsp3) is 0.389. The third kappa shape index (κ3) is 2.26. The highest BCUT2D eigenvalue weighted by molar-refractivity contribution is 7.10. The molecule has 0 radical (unpaired) electrons. The predicted molar refractivity (Wildman–Crippen MR) is 85.6 cm³/mol. The maximum atomic E-state index is 13.1. The summed E-state index contributed by atoms with van der Waals surface area (Å²) in [7, 11) is 0. The molecule has 2 aromatic rings. The van der Waals surface area contributed by atoms with Crippen LogP contribution in [-0.2, 0) is 15.6 Å². The molecule has 2 aliphatic rings. The van der Waals surface area contributed by atoms with Gasteiger partial charge in [0.15, 0.2) is 0 Å². The number of hydrogen-bond acceptors (Lipinski definition) is 2. The summed E-state index contributed by atoms with van der Waals surface area (Å²) in [6.07, 6.45) is 4.02. The highest BCUT2D eigenvalue weighted by atomic mass is 32.1. The number of amides is 1. The van der Waals surface area contributed by atoms with Crippen LogP contribution in [0.5, 0.6) is 0 Å². The van der Waals surface area contributed by atoms with Crippen molar-refractivity contribution in [2.24, 2.45) is 0 Å². The minimum atomic E-state index is -0.417. The SMILES string of the molecule is O=C(NCC1(c2cccs2)CC1)C1(c2ccc(F)cc2)CC1. The lowest BCUT2D eigenvalue weighted by molar-refractivity contribution is -0.123. The zero-order chi connectivity index (χ0) is 15.2. The van der Waals surface area contributed by atoms with E-state index in [1.807, 2.05) is 0 Å². The van der Waals surface area contributed by atoms with Crippen LogP contribution in [0, 0.1) is 5.82 Å². The van der Waals surface area contributed by atoms with Crippen molar-refractivity contribution in [2.45, 2.75) is 36.5 Å². The minimum absolute atomic E-state index is 0.0990. The fourth-order valence-electron chi connectivity index (χ4n) is 3.20. The van der Waals surface area contributed by atoms with Crippen molar-refractivity contribution >= 4 is 17.2 Å². The fourth-order valence-corrected chi connectivity index (χ4v) is 4.19. The zero-order valence-electron chi connectivity index (χ0n) is 12.3. The summed E-state index contributed by atoms with van der Waals surface area (Å²) in [6, 6.07) is 10.6.